The maximum absolute atomic E-state index is 10.6. The summed E-state index contributed by atoms with van der Waals surface area (Å²) in [6.07, 6.45) is 0. The van der Waals surface area contributed by atoms with Crippen molar-refractivity contribution in [2.24, 2.45) is 17.4 Å². The molecule has 6 N–H and O–H groups in total. The Bertz CT molecular complexity index is 214. The van der Waals surface area contributed by atoms with E-state index in [4.69, 9.17) is 11.5 Å². The maximum atomic E-state index is 10.6. The normalized spacial score (nSPS) is 9.65. The number of nitrogens with two attached hydrogens (primary N) is 2. The smallest absolute Gasteiger partial charge is 0.276 e. The Morgan fingerprint density at radius 2 is 1.47 bits per heavy atom. The van der Waals surface area contributed by atoms with Crippen LogP contribution in [0, 0.1) is 5.92 Å². The summed E-state index contributed by atoms with van der Waals surface area (Å²) in [6.45, 7) is 0.806. The zero-order chi connectivity index (χ0) is 11.8. The first-order chi connectivity index (χ1) is 6.91. The van der Waals surface area contributed by atoms with Crippen LogP contribution in [-0.4, -0.2) is 53.0 Å². The molecule has 0 aliphatic rings. The van der Waals surface area contributed by atoms with Gasteiger partial charge in [-0.2, -0.15) is 0 Å². The van der Waals surface area contributed by atoms with Crippen LogP contribution < -0.4 is 11.5 Å². The summed E-state index contributed by atoms with van der Waals surface area (Å²) in [5.74, 6) is 1.47. The number of primary amides is 2. The van der Waals surface area contributed by atoms with Gasteiger partial charge >= 0.3 is 0 Å². The van der Waals surface area contributed by atoms with Crippen molar-refractivity contribution in [3.05, 3.63) is 0 Å². The van der Waals surface area contributed by atoms with Gasteiger partial charge in [-0.05, 0) is 20.0 Å². The van der Waals surface area contributed by atoms with Gasteiger partial charge in [0.1, 0.15) is 0 Å². The molecule has 0 spiro atoms. The van der Waals surface area contributed by atoms with Crippen molar-refractivity contribution in [2.75, 3.05) is 32.1 Å². The molecule has 0 aromatic heterocycles. The van der Waals surface area contributed by atoms with Crippen LogP contribution in [0.2, 0.25) is 0 Å². The van der Waals surface area contributed by atoms with Gasteiger partial charge in [0.25, 0.3) is 10.5 Å². The zero-order valence-electron chi connectivity index (χ0n) is 9.84. The van der Waals surface area contributed by atoms with Crippen LogP contribution in [0.5, 0.6) is 0 Å². The van der Waals surface area contributed by atoms with Crippen LogP contribution in [0.1, 0.15) is 0 Å². The summed E-state index contributed by atoms with van der Waals surface area (Å²) in [5, 5.41) is -0.773. The lowest BCUT2D eigenvalue weighted by Crippen LogP contribution is -2.26. The first kappa shape index (κ1) is 22.1. The van der Waals surface area contributed by atoms with Crippen molar-refractivity contribution in [1.29, 1.82) is 0 Å². The highest BCUT2D eigenvalue weighted by Gasteiger charge is 2.13. The van der Waals surface area contributed by atoms with Gasteiger partial charge in [0.05, 0.1) is 0 Å². The molecule has 0 atom stereocenters. The third-order valence-corrected chi connectivity index (χ3v) is 3.39. The molecule has 0 saturated carbocycles. The van der Waals surface area contributed by atoms with Crippen molar-refractivity contribution < 1.29 is 15.1 Å². The second-order valence-corrected chi connectivity index (χ2v) is 5.44. The van der Waals surface area contributed by atoms with Gasteiger partial charge in [0.2, 0.25) is 0 Å². The Morgan fingerprint density at radius 3 is 1.71 bits per heavy atom. The highest BCUT2D eigenvalue weighted by atomic mass is 35.5. The van der Waals surface area contributed by atoms with Crippen LogP contribution in [-0.2, 0) is 0 Å². The van der Waals surface area contributed by atoms with Crippen LogP contribution >= 0.6 is 35.9 Å². The molecule has 0 aromatic carbocycles. The fourth-order valence-electron chi connectivity index (χ4n) is 1.07. The van der Waals surface area contributed by atoms with Crippen molar-refractivity contribution in [3.63, 3.8) is 0 Å². The van der Waals surface area contributed by atoms with Gasteiger partial charge in [-0.3, -0.25) is 9.59 Å². The number of hydrogen-bond donors (Lipinski definition) is 2. The SMILES string of the molecule is CN(C)CC(CSC(N)=O)CSC(N)=O.Cl.O. The molecule has 0 saturated heterocycles. The standard InChI is InChI=1S/C8H17N3O2S2.ClH.H2O/c1-11(2)3-6(4-14-7(9)12)5-15-8(10)13;;/h6H,3-5H2,1-2H3,(H2,9,12)(H2,10,13);1H;1H2. The summed E-state index contributed by atoms with van der Waals surface area (Å²) >= 11 is 2.16. The molecule has 17 heavy (non-hydrogen) atoms. The summed E-state index contributed by atoms with van der Waals surface area (Å²) < 4.78 is 0. The summed E-state index contributed by atoms with van der Waals surface area (Å²) in [4.78, 5) is 23.2. The molecule has 9 heteroatoms. The predicted molar refractivity (Wildman–Crippen MR) is 77.0 cm³/mol. The van der Waals surface area contributed by atoms with Crippen molar-refractivity contribution in [2.45, 2.75) is 0 Å². The molecule has 0 heterocycles. The summed E-state index contributed by atoms with van der Waals surface area (Å²) in [6, 6.07) is 0. The van der Waals surface area contributed by atoms with Gasteiger partial charge in [-0.25, -0.2) is 0 Å². The van der Waals surface area contributed by atoms with E-state index in [1.165, 1.54) is 0 Å². The van der Waals surface area contributed by atoms with Crippen LogP contribution in [0.4, 0.5) is 9.59 Å². The van der Waals surface area contributed by atoms with Gasteiger partial charge in [-0.1, -0.05) is 23.5 Å². The second kappa shape index (κ2) is 12.3. The number of carbonyl (C=O) groups excluding carboxylic acids is 2. The van der Waals surface area contributed by atoms with E-state index in [1.54, 1.807) is 0 Å². The summed E-state index contributed by atoms with van der Waals surface area (Å²) in [7, 11) is 3.88. The minimum atomic E-state index is -0.386. The number of rotatable bonds is 6. The fourth-order valence-corrected chi connectivity index (χ4v) is 2.47. The average Bonchev–Trinajstić information content (AvgIpc) is 2.08. The predicted octanol–water partition coefficient (Wildman–Crippen LogP) is 0.385. The van der Waals surface area contributed by atoms with E-state index in [0.717, 1.165) is 30.1 Å². The van der Waals surface area contributed by atoms with Gasteiger partial charge in [0, 0.05) is 18.1 Å². The Labute approximate surface area is 116 Å². The van der Waals surface area contributed by atoms with Crippen LogP contribution in [0.25, 0.3) is 0 Å². The largest absolute Gasteiger partial charge is 0.412 e. The van der Waals surface area contributed by atoms with Crippen molar-refractivity contribution in [3.8, 4) is 0 Å². The summed E-state index contributed by atoms with van der Waals surface area (Å²) in [5.41, 5.74) is 10.1. The molecular formula is C8H20ClN3O3S2. The minimum Gasteiger partial charge on any atom is -0.412 e. The molecule has 0 radical (unpaired) electrons. The van der Waals surface area contributed by atoms with Crippen molar-refractivity contribution >= 4 is 46.4 Å². The number of halogens is 1. The van der Waals surface area contributed by atoms with Gasteiger partial charge in [0.15, 0.2) is 0 Å². The van der Waals surface area contributed by atoms with Gasteiger partial charge in [-0.15, -0.1) is 12.4 Å². The molecule has 0 rings (SSSR count). The molecule has 6 nitrogen and oxygen atoms in total. The maximum Gasteiger partial charge on any atom is 0.276 e. The van der Waals surface area contributed by atoms with Gasteiger partial charge < -0.3 is 21.8 Å². The van der Waals surface area contributed by atoms with E-state index in [1.807, 2.05) is 19.0 Å². The molecule has 0 bridgehead atoms. The number of thioether (sulfide) groups is 2. The number of hydrogen-bond acceptors (Lipinski definition) is 5. The molecule has 0 unspecified atom stereocenters. The minimum absolute atomic E-state index is 0. The van der Waals surface area contributed by atoms with E-state index >= 15 is 0 Å². The number of amides is 2. The molecular weight excluding hydrogens is 286 g/mol. The Hall–Kier alpha value is -0.150. The Morgan fingerprint density at radius 1 is 1.12 bits per heavy atom. The van der Waals surface area contributed by atoms with Crippen molar-refractivity contribution in [1.82, 2.24) is 4.90 Å². The Balaban J connectivity index is -0.000000980. The highest BCUT2D eigenvalue weighted by molar-refractivity contribution is 8.14. The van der Waals surface area contributed by atoms with E-state index in [-0.39, 0.29) is 34.3 Å². The first-order valence-electron chi connectivity index (χ1n) is 4.41. The van der Waals surface area contributed by atoms with E-state index < -0.39 is 0 Å². The molecule has 0 aliphatic heterocycles. The molecule has 0 fully saturated rings. The highest BCUT2D eigenvalue weighted by Crippen LogP contribution is 2.15. The van der Waals surface area contributed by atoms with Crippen LogP contribution in [0.3, 0.4) is 0 Å². The molecule has 0 aliphatic carbocycles. The van der Waals surface area contributed by atoms with Crippen LogP contribution in [0.15, 0.2) is 0 Å². The topological polar surface area (TPSA) is 121 Å². The third kappa shape index (κ3) is 15.9. The fraction of sp³-hybridized carbons (Fsp3) is 0.750. The average molecular weight is 306 g/mol. The lowest BCUT2D eigenvalue weighted by molar-refractivity contribution is 0.266. The molecule has 0 aromatic rings. The molecule has 104 valence electrons. The number of nitrogens with zero attached hydrogens (tertiary/aromatic N) is 1. The quantitative estimate of drug-likeness (QED) is 0.735. The first-order valence-corrected chi connectivity index (χ1v) is 6.38. The number of carbonyl (C=O) groups is 2. The third-order valence-electron chi connectivity index (χ3n) is 1.55. The van der Waals surface area contributed by atoms with E-state index in [0.29, 0.717) is 11.5 Å². The lowest BCUT2D eigenvalue weighted by Gasteiger charge is -2.19. The monoisotopic (exact) mass is 305 g/mol. The Kier molecular flexibility index (Phi) is 16.0. The zero-order valence-corrected chi connectivity index (χ0v) is 12.3. The lowest BCUT2D eigenvalue weighted by atomic mass is 10.2. The molecule has 2 amide bonds. The van der Waals surface area contributed by atoms with E-state index in [9.17, 15) is 9.59 Å². The van der Waals surface area contributed by atoms with E-state index in [2.05, 4.69) is 0 Å². The second-order valence-electron chi connectivity index (χ2n) is 3.39.